The van der Waals surface area contributed by atoms with Crippen LogP contribution in [0.3, 0.4) is 0 Å². The van der Waals surface area contributed by atoms with Crippen LogP contribution in [0.15, 0.2) is 66.2 Å². The van der Waals surface area contributed by atoms with Crippen LogP contribution in [0.2, 0.25) is 0 Å². The van der Waals surface area contributed by atoms with E-state index >= 15 is 0 Å². The van der Waals surface area contributed by atoms with E-state index in [9.17, 15) is 23.5 Å². The lowest BCUT2D eigenvalue weighted by atomic mass is 9.95. The number of thiazole rings is 1. The van der Waals surface area contributed by atoms with E-state index in [1.54, 1.807) is 0 Å². The SMILES string of the molecule is Cc1cc(C)c2nc(N3C(=O)C(=O)/C(=C(/O)c4ccc(F)cc4)[C@@H]3c3ccc(F)cc3)sc2c1. The van der Waals surface area contributed by atoms with Crippen LogP contribution in [0.1, 0.15) is 28.3 Å². The first-order chi connectivity index (χ1) is 16.2. The Bertz CT molecular complexity index is 1490. The highest BCUT2D eigenvalue weighted by Crippen LogP contribution is 2.44. The number of rotatable bonds is 3. The summed E-state index contributed by atoms with van der Waals surface area (Å²) in [6, 6.07) is 13.2. The number of hydrogen-bond donors (Lipinski definition) is 1. The van der Waals surface area contributed by atoms with Crippen molar-refractivity contribution in [3.63, 3.8) is 0 Å². The summed E-state index contributed by atoms with van der Waals surface area (Å²) in [6.07, 6.45) is 0. The molecule has 8 heteroatoms. The maximum absolute atomic E-state index is 13.7. The molecule has 1 saturated heterocycles. The lowest BCUT2D eigenvalue weighted by Gasteiger charge is -2.23. The largest absolute Gasteiger partial charge is 0.507 e. The third-order valence-corrected chi connectivity index (χ3v) is 6.77. The molecule has 1 aliphatic heterocycles. The smallest absolute Gasteiger partial charge is 0.301 e. The van der Waals surface area contributed by atoms with Crippen LogP contribution in [0, 0.1) is 25.5 Å². The van der Waals surface area contributed by atoms with Gasteiger partial charge in [-0.05, 0) is 73.0 Å². The highest BCUT2D eigenvalue weighted by molar-refractivity contribution is 7.22. The van der Waals surface area contributed by atoms with Gasteiger partial charge < -0.3 is 5.11 Å². The maximum Gasteiger partial charge on any atom is 0.301 e. The molecule has 1 aliphatic rings. The lowest BCUT2D eigenvalue weighted by molar-refractivity contribution is -0.132. The first-order valence-electron chi connectivity index (χ1n) is 10.4. The summed E-state index contributed by atoms with van der Waals surface area (Å²) < 4.78 is 27.9. The number of ketones is 1. The number of Topliss-reactive ketones (excluding diaryl/α,β-unsaturated/α-hetero) is 1. The van der Waals surface area contributed by atoms with Crippen LogP contribution in [0.5, 0.6) is 0 Å². The Labute approximate surface area is 197 Å². The van der Waals surface area contributed by atoms with E-state index in [1.165, 1.54) is 52.6 Å². The Balaban J connectivity index is 1.74. The molecular formula is C26H18F2N2O3S. The Morgan fingerprint density at radius 3 is 2.24 bits per heavy atom. The maximum atomic E-state index is 13.7. The summed E-state index contributed by atoms with van der Waals surface area (Å²) in [7, 11) is 0. The third kappa shape index (κ3) is 3.56. The third-order valence-electron chi connectivity index (χ3n) is 5.77. The average molecular weight is 477 g/mol. The molecule has 2 heterocycles. The van der Waals surface area contributed by atoms with Crippen molar-refractivity contribution < 1.29 is 23.5 Å². The quantitative estimate of drug-likeness (QED) is 0.230. The van der Waals surface area contributed by atoms with Crippen LogP contribution < -0.4 is 4.90 Å². The number of aliphatic hydroxyl groups excluding tert-OH is 1. The van der Waals surface area contributed by atoms with E-state index in [4.69, 9.17) is 0 Å². The van der Waals surface area contributed by atoms with Gasteiger partial charge in [0.1, 0.15) is 17.4 Å². The number of fused-ring (bicyclic) bond motifs is 1. The molecule has 1 aromatic heterocycles. The molecule has 1 fully saturated rings. The number of hydrogen-bond acceptors (Lipinski definition) is 5. The molecule has 1 atom stereocenters. The molecule has 5 nitrogen and oxygen atoms in total. The van der Waals surface area contributed by atoms with Crippen molar-refractivity contribution >= 4 is 44.1 Å². The number of anilines is 1. The number of halogens is 2. The summed E-state index contributed by atoms with van der Waals surface area (Å²) in [5, 5.41) is 11.3. The zero-order chi connectivity index (χ0) is 24.1. The molecular weight excluding hydrogens is 458 g/mol. The second-order valence-corrected chi connectivity index (χ2v) is 9.16. The van der Waals surface area contributed by atoms with Crippen LogP contribution in [0.4, 0.5) is 13.9 Å². The van der Waals surface area contributed by atoms with Crippen molar-refractivity contribution in [3.05, 3.63) is 100 Å². The van der Waals surface area contributed by atoms with E-state index in [0.29, 0.717) is 16.2 Å². The molecule has 0 spiro atoms. The zero-order valence-corrected chi connectivity index (χ0v) is 19.0. The summed E-state index contributed by atoms with van der Waals surface area (Å²) in [4.78, 5) is 32.3. The van der Waals surface area contributed by atoms with Crippen molar-refractivity contribution in [1.29, 1.82) is 0 Å². The predicted octanol–water partition coefficient (Wildman–Crippen LogP) is 5.82. The van der Waals surface area contributed by atoms with Crippen molar-refractivity contribution in [3.8, 4) is 0 Å². The standard InChI is InChI=1S/C26H18F2N2O3S/c1-13-11-14(2)21-19(12-13)34-26(29-21)30-22(15-3-7-17(27)8-4-15)20(24(32)25(30)33)23(31)16-5-9-18(28)10-6-16/h3-12,22,31H,1-2H3/b23-20+/t22-/m0/s1. The molecule has 5 rings (SSSR count). The minimum absolute atomic E-state index is 0.171. The van der Waals surface area contributed by atoms with E-state index in [1.807, 2.05) is 26.0 Å². The molecule has 1 amide bonds. The van der Waals surface area contributed by atoms with E-state index in [0.717, 1.165) is 28.0 Å². The van der Waals surface area contributed by atoms with Gasteiger partial charge in [-0.1, -0.05) is 29.5 Å². The van der Waals surface area contributed by atoms with Crippen molar-refractivity contribution in [2.24, 2.45) is 0 Å². The summed E-state index contributed by atoms with van der Waals surface area (Å²) in [5.41, 5.74) is 3.12. The summed E-state index contributed by atoms with van der Waals surface area (Å²) >= 11 is 1.26. The zero-order valence-electron chi connectivity index (χ0n) is 18.2. The van der Waals surface area contributed by atoms with Gasteiger partial charge in [0, 0.05) is 5.56 Å². The molecule has 0 aliphatic carbocycles. The van der Waals surface area contributed by atoms with Crippen LogP contribution in [0.25, 0.3) is 16.0 Å². The second-order valence-electron chi connectivity index (χ2n) is 8.15. The Morgan fingerprint density at radius 1 is 0.971 bits per heavy atom. The molecule has 0 radical (unpaired) electrons. The minimum atomic E-state index is -1.03. The first kappa shape index (κ1) is 21.9. The summed E-state index contributed by atoms with van der Waals surface area (Å²) in [6.45, 7) is 3.87. The fraction of sp³-hybridized carbons (Fsp3) is 0.115. The van der Waals surface area contributed by atoms with Crippen LogP contribution in [-0.2, 0) is 9.59 Å². The first-order valence-corrected chi connectivity index (χ1v) is 11.3. The van der Waals surface area contributed by atoms with Gasteiger partial charge in [0.25, 0.3) is 5.78 Å². The van der Waals surface area contributed by atoms with Gasteiger partial charge in [0.2, 0.25) is 0 Å². The van der Waals surface area contributed by atoms with Crippen LogP contribution >= 0.6 is 11.3 Å². The number of nitrogens with zero attached hydrogens (tertiary/aromatic N) is 2. The molecule has 0 bridgehead atoms. The second kappa shape index (κ2) is 8.14. The van der Waals surface area contributed by atoms with Crippen molar-refractivity contribution in [2.45, 2.75) is 19.9 Å². The van der Waals surface area contributed by atoms with Gasteiger partial charge >= 0.3 is 5.91 Å². The molecule has 1 N–H and O–H groups in total. The molecule has 0 unspecified atom stereocenters. The number of aliphatic hydroxyl groups is 1. The lowest BCUT2D eigenvalue weighted by Crippen LogP contribution is -2.29. The topological polar surface area (TPSA) is 70.5 Å². The highest BCUT2D eigenvalue weighted by Gasteiger charge is 2.48. The Kier molecular flexibility index (Phi) is 5.25. The van der Waals surface area contributed by atoms with Gasteiger partial charge in [-0.3, -0.25) is 14.5 Å². The monoisotopic (exact) mass is 476 g/mol. The Hall–Kier alpha value is -3.91. The highest BCUT2D eigenvalue weighted by atomic mass is 32.1. The number of aryl methyl sites for hydroxylation is 2. The van der Waals surface area contributed by atoms with Gasteiger partial charge in [0.15, 0.2) is 5.13 Å². The van der Waals surface area contributed by atoms with Gasteiger partial charge in [-0.15, -0.1) is 0 Å². The molecule has 0 saturated carbocycles. The van der Waals surface area contributed by atoms with E-state index in [-0.39, 0.29) is 11.1 Å². The molecule has 34 heavy (non-hydrogen) atoms. The fourth-order valence-corrected chi connectivity index (χ4v) is 5.38. The van der Waals surface area contributed by atoms with E-state index in [2.05, 4.69) is 4.98 Å². The number of carbonyl (C=O) groups is 2. The molecule has 3 aromatic carbocycles. The number of benzene rings is 3. The average Bonchev–Trinajstić information content (AvgIpc) is 3.33. The van der Waals surface area contributed by atoms with Crippen molar-refractivity contribution in [2.75, 3.05) is 4.90 Å². The van der Waals surface area contributed by atoms with Gasteiger partial charge in [0.05, 0.1) is 21.8 Å². The minimum Gasteiger partial charge on any atom is -0.507 e. The number of aromatic nitrogens is 1. The number of amides is 1. The van der Waals surface area contributed by atoms with Gasteiger partial charge in [-0.2, -0.15) is 0 Å². The Morgan fingerprint density at radius 2 is 1.59 bits per heavy atom. The van der Waals surface area contributed by atoms with Gasteiger partial charge in [-0.25, -0.2) is 13.8 Å². The number of carbonyl (C=O) groups excluding carboxylic acids is 2. The molecule has 170 valence electrons. The molecule has 4 aromatic rings. The van der Waals surface area contributed by atoms with E-state index < -0.39 is 35.1 Å². The normalized spacial score (nSPS) is 17.6. The fourth-order valence-electron chi connectivity index (χ4n) is 4.22. The predicted molar refractivity (Wildman–Crippen MR) is 127 cm³/mol. The van der Waals surface area contributed by atoms with Crippen molar-refractivity contribution in [1.82, 2.24) is 4.98 Å². The van der Waals surface area contributed by atoms with Crippen LogP contribution in [-0.4, -0.2) is 21.8 Å². The summed E-state index contributed by atoms with van der Waals surface area (Å²) in [5.74, 6) is -3.18.